The molecule has 0 radical (unpaired) electrons. The monoisotopic (exact) mass is 502 g/mol. The fraction of sp³-hybridized carbons (Fsp3) is 0.0952. The van der Waals surface area contributed by atoms with Gasteiger partial charge in [-0.05, 0) is 35.9 Å². The van der Waals surface area contributed by atoms with Crippen LogP contribution in [-0.2, 0) is 21.5 Å². The summed E-state index contributed by atoms with van der Waals surface area (Å²) in [6, 6.07) is 18.9. The molecule has 0 saturated carbocycles. The molecule has 0 saturated heterocycles. The highest BCUT2D eigenvalue weighted by atomic mass is 35.5. The van der Waals surface area contributed by atoms with E-state index in [2.05, 4.69) is 5.16 Å². The first-order valence-electron chi connectivity index (χ1n) is 8.95. The highest BCUT2D eigenvalue weighted by Crippen LogP contribution is 2.30. The van der Waals surface area contributed by atoms with Gasteiger partial charge in [0.2, 0.25) is 0 Å². The van der Waals surface area contributed by atoms with Crippen LogP contribution in [0.5, 0.6) is 0 Å². The van der Waals surface area contributed by atoms with E-state index in [1.54, 1.807) is 59.3 Å². The Kier molecular flexibility index (Phi) is 7.33. The average Bonchev–Trinajstić information content (AvgIpc) is 2.74. The van der Waals surface area contributed by atoms with Gasteiger partial charge in [0, 0.05) is 21.2 Å². The van der Waals surface area contributed by atoms with Crippen molar-refractivity contribution in [1.29, 1.82) is 0 Å². The van der Waals surface area contributed by atoms with Gasteiger partial charge >= 0.3 is 15.5 Å². The molecular formula is C21H15Cl2F3N2O3S. The van der Waals surface area contributed by atoms with E-state index >= 15 is 0 Å². The Morgan fingerprint density at radius 3 is 2.19 bits per heavy atom. The number of oxime groups is 1. The topological polar surface area (TPSA) is 67.8 Å². The molecule has 0 bridgehead atoms. The Labute approximate surface area is 192 Å². The lowest BCUT2D eigenvalue weighted by Gasteiger charge is -2.16. The maximum absolute atomic E-state index is 12.9. The Hall–Kier alpha value is -2.75. The Morgan fingerprint density at radius 2 is 1.56 bits per heavy atom. The SMILES string of the molecule is O=S(=O)(Nc1ccc(Cl)cc1C(=NOCc1ccc(Cl)cc1)c1ccccc1)C(F)(F)F. The van der Waals surface area contributed by atoms with Crippen LogP contribution in [0.4, 0.5) is 18.9 Å². The summed E-state index contributed by atoms with van der Waals surface area (Å²) >= 11 is 11.9. The molecule has 0 atom stereocenters. The second kappa shape index (κ2) is 9.81. The van der Waals surface area contributed by atoms with Crippen molar-refractivity contribution in [3.8, 4) is 0 Å². The number of halogens is 5. The van der Waals surface area contributed by atoms with Crippen LogP contribution in [0.1, 0.15) is 16.7 Å². The van der Waals surface area contributed by atoms with E-state index in [9.17, 15) is 21.6 Å². The molecule has 0 amide bonds. The van der Waals surface area contributed by atoms with Crippen LogP contribution in [0.15, 0.2) is 78.0 Å². The summed E-state index contributed by atoms with van der Waals surface area (Å²) in [5.41, 5.74) is -4.55. The minimum Gasteiger partial charge on any atom is -0.390 e. The van der Waals surface area contributed by atoms with Crippen molar-refractivity contribution in [2.45, 2.75) is 12.1 Å². The molecule has 11 heteroatoms. The van der Waals surface area contributed by atoms with Crippen molar-refractivity contribution in [2.75, 3.05) is 4.72 Å². The molecule has 0 unspecified atom stereocenters. The van der Waals surface area contributed by atoms with Crippen molar-refractivity contribution >= 4 is 44.6 Å². The third kappa shape index (κ3) is 5.93. The van der Waals surface area contributed by atoms with Crippen LogP contribution in [-0.4, -0.2) is 19.6 Å². The van der Waals surface area contributed by atoms with Gasteiger partial charge in [-0.2, -0.15) is 21.6 Å². The number of sulfonamides is 1. The number of anilines is 1. The maximum atomic E-state index is 12.9. The summed E-state index contributed by atoms with van der Waals surface area (Å²) in [6.07, 6.45) is 0. The molecule has 0 aromatic heterocycles. The van der Waals surface area contributed by atoms with Crippen molar-refractivity contribution in [3.05, 3.63) is 99.5 Å². The van der Waals surface area contributed by atoms with Crippen molar-refractivity contribution in [2.24, 2.45) is 5.16 Å². The lowest BCUT2D eigenvalue weighted by atomic mass is 10.0. The summed E-state index contributed by atoms with van der Waals surface area (Å²) in [6.45, 7) is 0.0394. The number of benzene rings is 3. The molecule has 0 fully saturated rings. The van der Waals surface area contributed by atoms with Crippen molar-refractivity contribution in [1.82, 2.24) is 0 Å². The highest BCUT2D eigenvalue weighted by Gasteiger charge is 2.46. The summed E-state index contributed by atoms with van der Waals surface area (Å²) in [5, 5.41) is 4.79. The van der Waals surface area contributed by atoms with Gasteiger partial charge in [0.25, 0.3) is 0 Å². The molecule has 0 aliphatic heterocycles. The molecule has 5 nitrogen and oxygen atoms in total. The standard InChI is InChI=1S/C21H15Cl2F3N2O3S/c22-16-8-6-14(7-9-16)13-31-27-20(15-4-2-1-3-5-15)18-12-17(23)10-11-19(18)28-32(29,30)21(24,25)26/h1-12,28H,13H2. The molecule has 3 aromatic rings. The highest BCUT2D eigenvalue weighted by molar-refractivity contribution is 7.93. The number of rotatable bonds is 7. The van der Waals surface area contributed by atoms with Crippen LogP contribution in [0.2, 0.25) is 10.0 Å². The average molecular weight is 503 g/mol. The second-order valence-corrected chi connectivity index (χ2v) is 8.99. The number of nitrogens with zero attached hydrogens (tertiary/aromatic N) is 1. The number of hydrogen-bond donors (Lipinski definition) is 1. The van der Waals surface area contributed by atoms with Gasteiger partial charge in [0.05, 0.1) is 5.69 Å². The molecule has 0 heterocycles. The fourth-order valence-electron chi connectivity index (χ4n) is 2.61. The van der Waals surface area contributed by atoms with Crippen LogP contribution < -0.4 is 4.72 Å². The summed E-state index contributed by atoms with van der Waals surface area (Å²) in [7, 11) is -5.67. The van der Waals surface area contributed by atoms with Gasteiger partial charge < -0.3 is 4.84 Å². The summed E-state index contributed by atoms with van der Waals surface area (Å²) in [4.78, 5) is 5.43. The molecular weight excluding hydrogens is 488 g/mol. The van der Waals surface area contributed by atoms with E-state index in [0.717, 1.165) is 11.6 Å². The largest absolute Gasteiger partial charge is 0.516 e. The molecule has 0 aliphatic rings. The van der Waals surface area contributed by atoms with Crippen LogP contribution >= 0.6 is 23.2 Å². The van der Waals surface area contributed by atoms with Gasteiger partial charge in [-0.25, -0.2) is 0 Å². The lowest BCUT2D eigenvalue weighted by molar-refractivity contribution is -0.0429. The molecule has 1 N–H and O–H groups in total. The summed E-state index contributed by atoms with van der Waals surface area (Å²) in [5.74, 6) is 0. The van der Waals surface area contributed by atoms with Gasteiger partial charge in [0.15, 0.2) is 0 Å². The fourth-order valence-corrected chi connectivity index (χ4v) is 3.49. The first kappa shape index (κ1) is 23.9. The zero-order valence-corrected chi connectivity index (χ0v) is 18.4. The normalized spacial score (nSPS) is 12.5. The van der Waals surface area contributed by atoms with Crippen molar-refractivity contribution in [3.63, 3.8) is 0 Å². The van der Waals surface area contributed by atoms with Gasteiger partial charge in [-0.3, -0.25) is 4.72 Å². The quantitative estimate of drug-likeness (QED) is 0.307. The van der Waals surface area contributed by atoms with Crippen LogP contribution in [0.3, 0.4) is 0 Å². The molecule has 32 heavy (non-hydrogen) atoms. The first-order valence-corrected chi connectivity index (χ1v) is 11.2. The minimum atomic E-state index is -5.67. The second-order valence-electron chi connectivity index (χ2n) is 6.45. The van der Waals surface area contributed by atoms with Crippen molar-refractivity contribution < 1.29 is 26.4 Å². The Morgan fingerprint density at radius 1 is 0.938 bits per heavy atom. The number of nitrogens with one attached hydrogen (secondary N) is 1. The molecule has 168 valence electrons. The third-order valence-electron chi connectivity index (χ3n) is 4.13. The number of hydrogen-bond acceptors (Lipinski definition) is 4. The van der Waals surface area contributed by atoms with E-state index < -0.39 is 15.5 Å². The molecule has 3 rings (SSSR count). The zero-order chi connectivity index (χ0) is 23.4. The van der Waals surface area contributed by atoms with Crippen LogP contribution in [0.25, 0.3) is 0 Å². The number of alkyl halides is 3. The zero-order valence-electron chi connectivity index (χ0n) is 16.1. The lowest BCUT2D eigenvalue weighted by Crippen LogP contribution is -2.30. The molecule has 3 aromatic carbocycles. The summed E-state index contributed by atoms with van der Waals surface area (Å²) < 4.78 is 63.7. The predicted octanol–water partition coefficient (Wildman–Crippen LogP) is 6.22. The smallest absolute Gasteiger partial charge is 0.390 e. The van der Waals surface area contributed by atoms with E-state index in [4.69, 9.17) is 28.0 Å². The van der Waals surface area contributed by atoms with E-state index in [-0.39, 0.29) is 28.6 Å². The molecule has 0 spiro atoms. The van der Waals surface area contributed by atoms with E-state index in [1.807, 2.05) is 0 Å². The first-order chi connectivity index (χ1) is 15.1. The van der Waals surface area contributed by atoms with Crippen LogP contribution in [0, 0.1) is 0 Å². The third-order valence-corrected chi connectivity index (χ3v) is 5.72. The Bertz CT molecular complexity index is 1220. The van der Waals surface area contributed by atoms with Gasteiger partial charge in [-0.15, -0.1) is 0 Å². The Balaban J connectivity index is 2.03. The minimum absolute atomic E-state index is 0.00707. The predicted molar refractivity (Wildman–Crippen MR) is 118 cm³/mol. The maximum Gasteiger partial charge on any atom is 0.516 e. The van der Waals surface area contributed by atoms with Gasteiger partial charge in [0.1, 0.15) is 12.3 Å². The van der Waals surface area contributed by atoms with E-state index in [1.165, 1.54) is 12.1 Å². The van der Waals surface area contributed by atoms with E-state index in [0.29, 0.717) is 10.6 Å². The molecule has 0 aliphatic carbocycles. The van der Waals surface area contributed by atoms with Gasteiger partial charge in [-0.1, -0.05) is 70.8 Å².